The molecule has 1 heterocycles. The van der Waals surface area contributed by atoms with Crippen molar-refractivity contribution < 1.29 is 17.2 Å². The fourth-order valence-electron chi connectivity index (χ4n) is 2.32. The van der Waals surface area contributed by atoms with Gasteiger partial charge >= 0.3 is 0 Å². The van der Waals surface area contributed by atoms with E-state index in [0.29, 0.717) is 12.6 Å². The van der Waals surface area contributed by atoms with Gasteiger partial charge in [0.1, 0.15) is 16.5 Å². The molecule has 0 N–H and O–H groups in total. The van der Waals surface area contributed by atoms with Crippen LogP contribution < -0.4 is 0 Å². The first-order chi connectivity index (χ1) is 8.84. The monoisotopic (exact) mass is 353 g/mol. The molecule has 1 aromatic rings. The highest BCUT2D eigenvalue weighted by Gasteiger charge is 2.34. The van der Waals surface area contributed by atoms with E-state index in [1.807, 2.05) is 0 Å². The van der Waals surface area contributed by atoms with Gasteiger partial charge in [0.2, 0.25) is 10.0 Å². The Morgan fingerprint density at radius 2 is 2.00 bits per heavy atom. The molecule has 0 aliphatic carbocycles. The molecule has 7 heteroatoms. The molecule has 2 rings (SSSR count). The van der Waals surface area contributed by atoms with E-state index in [2.05, 4.69) is 15.9 Å². The lowest BCUT2D eigenvalue weighted by molar-refractivity contribution is 0.267. The smallest absolute Gasteiger partial charge is 0.207 e. The fourth-order valence-corrected chi connectivity index (χ4v) is 5.14. The van der Waals surface area contributed by atoms with Gasteiger partial charge < -0.3 is 0 Å². The quantitative estimate of drug-likeness (QED) is 0.817. The lowest BCUT2D eigenvalue weighted by atomic mass is 10.1. The summed E-state index contributed by atoms with van der Waals surface area (Å²) in [6, 6.07) is 1.38. The van der Waals surface area contributed by atoms with E-state index in [9.17, 15) is 17.2 Å². The highest BCUT2D eigenvalue weighted by molar-refractivity contribution is 9.10. The molecule has 1 aromatic carbocycles. The summed E-state index contributed by atoms with van der Waals surface area (Å²) in [4.78, 5) is -0.484. The van der Waals surface area contributed by atoms with Crippen LogP contribution in [0.25, 0.3) is 0 Å². The third-order valence-corrected chi connectivity index (χ3v) is 6.25. The molecule has 1 aliphatic rings. The zero-order valence-electron chi connectivity index (χ0n) is 10.4. The summed E-state index contributed by atoms with van der Waals surface area (Å²) in [5, 5.41) is 0. The van der Waals surface area contributed by atoms with Crippen LogP contribution in [0.2, 0.25) is 0 Å². The molecule has 19 heavy (non-hydrogen) atoms. The Balaban J connectivity index is 2.50. The van der Waals surface area contributed by atoms with Crippen LogP contribution in [-0.4, -0.2) is 25.3 Å². The molecule has 1 saturated heterocycles. The van der Waals surface area contributed by atoms with Crippen LogP contribution >= 0.6 is 15.9 Å². The van der Waals surface area contributed by atoms with Crippen LogP contribution in [0.5, 0.6) is 0 Å². The number of hydrogen-bond donors (Lipinski definition) is 0. The second kappa shape index (κ2) is 5.46. The van der Waals surface area contributed by atoms with E-state index in [0.717, 1.165) is 25.3 Å². The summed E-state index contributed by atoms with van der Waals surface area (Å²) < 4.78 is 53.0. The van der Waals surface area contributed by atoms with Gasteiger partial charge in [0.25, 0.3) is 0 Å². The zero-order chi connectivity index (χ0) is 14.2. The van der Waals surface area contributed by atoms with E-state index in [1.165, 1.54) is 4.31 Å². The highest BCUT2D eigenvalue weighted by atomic mass is 79.9. The van der Waals surface area contributed by atoms with E-state index >= 15 is 0 Å². The molecule has 106 valence electrons. The van der Waals surface area contributed by atoms with Crippen LogP contribution in [0.3, 0.4) is 0 Å². The molecule has 0 amide bonds. The predicted molar refractivity (Wildman–Crippen MR) is 71.3 cm³/mol. The molecule has 0 aromatic heterocycles. The normalized spacial score (nSPS) is 21.6. The van der Waals surface area contributed by atoms with Crippen molar-refractivity contribution in [3.63, 3.8) is 0 Å². The number of sulfonamides is 1. The number of hydrogen-bond acceptors (Lipinski definition) is 2. The van der Waals surface area contributed by atoms with Crippen molar-refractivity contribution in [1.82, 2.24) is 4.31 Å². The van der Waals surface area contributed by atoms with Crippen molar-refractivity contribution in [3.05, 3.63) is 28.2 Å². The first kappa shape index (κ1) is 14.9. The molecular weight excluding hydrogens is 340 g/mol. The van der Waals surface area contributed by atoms with Gasteiger partial charge in [0.05, 0.1) is 0 Å². The average Bonchev–Trinajstić information content (AvgIpc) is 2.27. The lowest BCUT2D eigenvalue weighted by Gasteiger charge is -2.32. The largest absolute Gasteiger partial charge is 0.247 e. The molecule has 0 spiro atoms. The maximum absolute atomic E-state index is 13.8. The maximum atomic E-state index is 13.8. The van der Waals surface area contributed by atoms with E-state index in [1.54, 1.807) is 6.92 Å². The SMILES string of the molecule is CC1CCCCN1S(=O)(=O)c1c(F)cc(F)cc1Br. The predicted octanol–water partition coefficient (Wildman–Crippen LogP) is 3.29. The zero-order valence-corrected chi connectivity index (χ0v) is 12.8. The van der Waals surface area contributed by atoms with Crippen LogP contribution in [0.1, 0.15) is 26.2 Å². The Kier molecular flexibility index (Phi) is 4.27. The van der Waals surface area contributed by atoms with Crippen LogP contribution in [-0.2, 0) is 10.0 Å². The molecule has 1 aliphatic heterocycles. The van der Waals surface area contributed by atoms with Gasteiger partial charge in [-0.1, -0.05) is 6.42 Å². The minimum atomic E-state index is -3.94. The summed E-state index contributed by atoms with van der Waals surface area (Å²) in [6.07, 6.45) is 2.46. The average molecular weight is 354 g/mol. The number of nitrogens with zero attached hydrogens (tertiary/aromatic N) is 1. The van der Waals surface area contributed by atoms with Crippen molar-refractivity contribution in [1.29, 1.82) is 0 Å². The van der Waals surface area contributed by atoms with Gasteiger partial charge in [-0.3, -0.25) is 0 Å². The topological polar surface area (TPSA) is 37.4 Å². The molecule has 3 nitrogen and oxygen atoms in total. The van der Waals surface area contributed by atoms with E-state index in [-0.39, 0.29) is 10.5 Å². The van der Waals surface area contributed by atoms with Gasteiger partial charge in [-0.2, -0.15) is 4.31 Å². The second-order valence-corrected chi connectivity index (χ2v) is 7.34. The maximum Gasteiger partial charge on any atom is 0.247 e. The number of benzene rings is 1. The summed E-state index contributed by atoms with van der Waals surface area (Å²) in [7, 11) is -3.94. The van der Waals surface area contributed by atoms with Crippen LogP contribution in [0.4, 0.5) is 8.78 Å². The molecule has 0 bridgehead atoms. The van der Waals surface area contributed by atoms with Gasteiger partial charge in [-0.25, -0.2) is 17.2 Å². The standard InChI is InChI=1S/C12H14BrF2NO2S/c1-8-4-2-3-5-16(8)19(17,18)12-10(13)6-9(14)7-11(12)15/h6-8H,2-5H2,1H3. The summed E-state index contributed by atoms with van der Waals surface area (Å²) in [5.74, 6) is -1.88. The van der Waals surface area contributed by atoms with E-state index < -0.39 is 26.6 Å². The second-order valence-electron chi connectivity index (χ2n) is 4.66. The van der Waals surface area contributed by atoms with Crippen molar-refractivity contribution >= 4 is 26.0 Å². The Hall–Kier alpha value is -0.530. The summed E-state index contributed by atoms with van der Waals surface area (Å²) in [6.45, 7) is 2.17. The Bertz CT molecular complexity index is 568. The van der Waals surface area contributed by atoms with Crippen molar-refractivity contribution in [2.45, 2.75) is 37.1 Å². The minimum absolute atomic E-state index is 0.0808. The highest BCUT2D eigenvalue weighted by Crippen LogP contribution is 2.32. The van der Waals surface area contributed by atoms with Crippen LogP contribution in [0.15, 0.2) is 21.5 Å². The third kappa shape index (κ3) is 2.83. The van der Waals surface area contributed by atoms with Gasteiger partial charge in [0, 0.05) is 23.1 Å². The third-order valence-electron chi connectivity index (χ3n) is 3.27. The summed E-state index contributed by atoms with van der Waals surface area (Å²) in [5.41, 5.74) is 0. The summed E-state index contributed by atoms with van der Waals surface area (Å²) >= 11 is 2.93. The number of piperidine rings is 1. The fraction of sp³-hybridized carbons (Fsp3) is 0.500. The first-order valence-electron chi connectivity index (χ1n) is 6.00. The van der Waals surface area contributed by atoms with Crippen molar-refractivity contribution in [2.24, 2.45) is 0 Å². The molecule has 1 fully saturated rings. The van der Waals surface area contributed by atoms with Gasteiger partial charge in [-0.05, 0) is 41.8 Å². The molecule has 0 radical (unpaired) electrons. The molecular formula is C12H14BrF2NO2S. The Morgan fingerprint density at radius 3 is 2.58 bits per heavy atom. The van der Waals surface area contributed by atoms with Gasteiger partial charge in [-0.15, -0.1) is 0 Å². The minimum Gasteiger partial charge on any atom is -0.207 e. The van der Waals surface area contributed by atoms with Gasteiger partial charge in [0.15, 0.2) is 0 Å². The molecule has 1 atom stereocenters. The molecule has 1 unspecified atom stereocenters. The number of rotatable bonds is 2. The van der Waals surface area contributed by atoms with Crippen molar-refractivity contribution in [2.75, 3.05) is 6.54 Å². The Morgan fingerprint density at radius 1 is 1.32 bits per heavy atom. The Labute approximate surface area is 119 Å². The first-order valence-corrected chi connectivity index (χ1v) is 8.23. The lowest BCUT2D eigenvalue weighted by Crippen LogP contribution is -2.42. The number of halogens is 3. The van der Waals surface area contributed by atoms with Crippen LogP contribution in [0, 0.1) is 11.6 Å². The van der Waals surface area contributed by atoms with E-state index in [4.69, 9.17) is 0 Å². The molecule has 0 saturated carbocycles. The van der Waals surface area contributed by atoms with Crippen molar-refractivity contribution in [3.8, 4) is 0 Å².